The Bertz CT molecular complexity index is 975. The summed E-state index contributed by atoms with van der Waals surface area (Å²) in [4.78, 5) is 24.0. The molecule has 8 nitrogen and oxygen atoms in total. The minimum absolute atomic E-state index is 0.107. The van der Waals surface area contributed by atoms with Crippen molar-refractivity contribution in [3.63, 3.8) is 0 Å². The van der Waals surface area contributed by atoms with E-state index < -0.39 is 29.8 Å². The van der Waals surface area contributed by atoms with Gasteiger partial charge in [-0.2, -0.15) is 12.6 Å². The minimum Gasteiger partial charge on any atom is -0.497 e. The van der Waals surface area contributed by atoms with Gasteiger partial charge in [0.1, 0.15) is 17.3 Å². The molecule has 0 aliphatic heterocycles. The standard InChI is InChI=1S/C20H21F3N4O4S2/c1-30-16-4-2-3-13(9-16)25-19(33)27-26-17(29)10-14(28)11-18(32)24-12-5-7-15(8-6-12)31-20(21,22)23/h2-9,18,24,32H,10-11H2,1H3,(H,26,29)(H2,25,27,33). The van der Waals surface area contributed by atoms with Crippen LogP contribution in [0, 0.1) is 0 Å². The molecule has 2 aromatic carbocycles. The van der Waals surface area contributed by atoms with Crippen LogP contribution >= 0.6 is 24.8 Å². The number of nitrogens with one attached hydrogen (secondary N) is 4. The predicted octanol–water partition coefficient (Wildman–Crippen LogP) is 3.63. The number of anilines is 2. The van der Waals surface area contributed by atoms with E-state index in [0.29, 0.717) is 17.1 Å². The summed E-state index contributed by atoms with van der Waals surface area (Å²) in [6.45, 7) is 0. The normalized spacial score (nSPS) is 11.7. The lowest BCUT2D eigenvalue weighted by Crippen LogP contribution is -2.44. The van der Waals surface area contributed by atoms with Crippen LogP contribution in [0.2, 0.25) is 0 Å². The van der Waals surface area contributed by atoms with Crippen molar-refractivity contribution in [2.24, 2.45) is 0 Å². The topological polar surface area (TPSA) is 101 Å². The zero-order chi connectivity index (χ0) is 24.4. The van der Waals surface area contributed by atoms with E-state index in [0.717, 1.165) is 12.1 Å². The monoisotopic (exact) mass is 502 g/mol. The highest BCUT2D eigenvalue weighted by Gasteiger charge is 2.31. The van der Waals surface area contributed by atoms with E-state index in [1.165, 1.54) is 19.2 Å². The second-order valence-corrected chi connectivity index (χ2v) is 7.54. The number of Topliss-reactive ketones (excluding diaryl/α,β-unsaturated/α-hetero) is 1. The molecule has 1 unspecified atom stereocenters. The van der Waals surface area contributed by atoms with Crippen molar-refractivity contribution in [1.82, 2.24) is 10.9 Å². The molecule has 33 heavy (non-hydrogen) atoms. The van der Waals surface area contributed by atoms with Crippen molar-refractivity contribution in [3.8, 4) is 11.5 Å². The van der Waals surface area contributed by atoms with Crippen molar-refractivity contribution < 1.29 is 32.2 Å². The average Bonchev–Trinajstić information content (AvgIpc) is 2.72. The molecular formula is C20H21F3N4O4S2. The fraction of sp³-hybridized carbons (Fsp3) is 0.250. The number of hydrogen-bond acceptors (Lipinski definition) is 7. The van der Waals surface area contributed by atoms with Crippen molar-refractivity contribution in [1.29, 1.82) is 0 Å². The summed E-state index contributed by atoms with van der Waals surface area (Å²) in [5, 5.41) is 5.13. The van der Waals surface area contributed by atoms with Gasteiger partial charge in [-0.15, -0.1) is 13.2 Å². The van der Waals surface area contributed by atoms with Crippen LogP contribution in [-0.2, 0) is 9.59 Å². The Balaban J connectivity index is 1.71. The third-order valence-electron chi connectivity index (χ3n) is 3.84. The molecule has 0 spiro atoms. The van der Waals surface area contributed by atoms with Crippen LogP contribution in [0.4, 0.5) is 24.5 Å². The lowest BCUT2D eigenvalue weighted by atomic mass is 10.2. The molecule has 0 aliphatic carbocycles. The molecule has 1 atom stereocenters. The van der Waals surface area contributed by atoms with Gasteiger partial charge < -0.3 is 20.1 Å². The van der Waals surface area contributed by atoms with Gasteiger partial charge in [0.25, 0.3) is 0 Å². The molecule has 0 fully saturated rings. The smallest absolute Gasteiger partial charge is 0.497 e. The molecule has 178 valence electrons. The number of thiol groups is 1. The van der Waals surface area contributed by atoms with E-state index in [4.69, 9.17) is 17.0 Å². The third kappa shape index (κ3) is 10.3. The SMILES string of the molecule is COc1cccc(NC(=S)NNC(=O)CC(=O)CC(S)Nc2ccc(OC(F)(F)F)cc2)c1. The Kier molecular flexibility index (Phi) is 9.60. The third-order valence-corrected chi connectivity index (χ3v) is 4.36. The number of halogens is 3. The van der Waals surface area contributed by atoms with Crippen molar-refractivity contribution in [2.75, 3.05) is 17.7 Å². The number of ketones is 1. The van der Waals surface area contributed by atoms with Crippen molar-refractivity contribution in [2.45, 2.75) is 24.6 Å². The number of rotatable bonds is 9. The van der Waals surface area contributed by atoms with Crippen molar-refractivity contribution >= 4 is 53.0 Å². The number of amides is 1. The van der Waals surface area contributed by atoms with E-state index in [1.807, 2.05) is 0 Å². The Morgan fingerprint density at radius 1 is 1.06 bits per heavy atom. The average molecular weight is 503 g/mol. The molecular weight excluding hydrogens is 481 g/mol. The Hall–Kier alpha value is -3.19. The number of benzene rings is 2. The molecule has 0 aliphatic rings. The van der Waals surface area contributed by atoms with Gasteiger partial charge in [0.15, 0.2) is 5.11 Å². The second kappa shape index (κ2) is 12.2. The van der Waals surface area contributed by atoms with E-state index in [9.17, 15) is 22.8 Å². The maximum atomic E-state index is 12.2. The molecule has 13 heteroatoms. The number of hydrazine groups is 1. The van der Waals surface area contributed by atoms with Crippen LogP contribution in [0.1, 0.15) is 12.8 Å². The molecule has 2 aromatic rings. The van der Waals surface area contributed by atoms with Gasteiger partial charge in [-0.3, -0.25) is 20.4 Å². The molecule has 0 radical (unpaired) electrons. The molecule has 0 heterocycles. The number of carbonyl (C=O) groups excluding carboxylic acids is 2. The molecule has 2 rings (SSSR count). The van der Waals surface area contributed by atoms with Crippen LogP contribution in [0.25, 0.3) is 0 Å². The molecule has 0 bridgehead atoms. The lowest BCUT2D eigenvalue weighted by Gasteiger charge is -2.15. The zero-order valence-electron chi connectivity index (χ0n) is 17.2. The maximum absolute atomic E-state index is 12.2. The number of alkyl halides is 3. The molecule has 0 saturated carbocycles. The van der Waals surface area contributed by atoms with E-state index in [1.54, 1.807) is 24.3 Å². The highest BCUT2D eigenvalue weighted by Crippen LogP contribution is 2.24. The highest BCUT2D eigenvalue weighted by atomic mass is 32.1. The van der Waals surface area contributed by atoms with Gasteiger partial charge in [-0.1, -0.05) is 6.07 Å². The summed E-state index contributed by atoms with van der Waals surface area (Å²) in [7, 11) is 1.53. The minimum atomic E-state index is -4.78. The largest absolute Gasteiger partial charge is 0.573 e. The number of methoxy groups -OCH3 is 1. The van der Waals surface area contributed by atoms with E-state index in [-0.39, 0.29) is 17.3 Å². The number of carbonyl (C=O) groups is 2. The van der Waals surface area contributed by atoms with Crippen LogP contribution in [0.5, 0.6) is 11.5 Å². The van der Waals surface area contributed by atoms with Crippen LogP contribution < -0.4 is 31.0 Å². The Labute approximate surface area is 198 Å². The van der Waals surface area contributed by atoms with Crippen LogP contribution in [-0.4, -0.2) is 35.6 Å². The van der Waals surface area contributed by atoms with Gasteiger partial charge in [0.2, 0.25) is 5.91 Å². The first-order valence-corrected chi connectivity index (χ1v) is 10.3. The van der Waals surface area contributed by atoms with Gasteiger partial charge in [-0.05, 0) is 48.6 Å². The predicted molar refractivity (Wildman–Crippen MR) is 124 cm³/mol. The number of hydrogen-bond donors (Lipinski definition) is 5. The number of thiocarbonyl (C=S) groups is 1. The molecule has 0 aromatic heterocycles. The summed E-state index contributed by atoms with van der Waals surface area (Å²) in [5.74, 6) is -0.768. The maximum Gasteiger partial charge on any atom is 0.573 e. The van der Waals surface area contributed by atoms with Crippen molar-refractivity contribution in [3.05, 3.63) is 48.5 Å². The molecule has 0 saturated heterocycles. The summed E-state index contributed by atoms with van der Waals surface area (Å²) < 4.78 is 45.4. The summed E-state index contributed by atoms with van der Waals surface area (Å²) in [6, 6.07) is 11.9. The summed E-state index contributed by atoms with van der Waals surface area (Å²) in [6.07, 6.45) is -5.31. The van der Waals surface area contributed by atoms with Gasteiger partial charge in [0.05, 0.1) is 18.9 Å². The lowest BCUT2D eigenvalue weighted by molar-refractivity contribution is -0.274. The van der Waals surface area contributed by atoms with Gasteiger partial charge in [-0.25, -0.2) is 0 Å². The fourth-order valence-corrected chi connectivity index (χ4v) is 3.02. The fourth-order valence-electron chi connectivity index (χ4n) is 2.50. The zero-order valence-corrected chi connectivity index (χ0v) is 18.9. The van der Waals surface area contributed by atoms with E-state index >= 15 is 0 Å². The molecule has 1 amide bonds. The van der Waals surface area contributed by atoms with Crippen LogP contribution in [0.15, 0.2) is 48.5 Å². The highest BCUT2D eigenvalue weighted by molar-refractivity contribution is 7.81. The Morgan fingerprint density at radius 2 is 1.76 bits per heavy atom. The Morgan fingerprint density at radius 3 is 2.39 bits per heavy atom. The summed E-state index contributed by atoms with van der Waals surface area (Å²) >= 11 is 9.30. The van der Waals surface area contributed by atoms with Crippen LogP contribution in [0.3, 0.4) is 0 Å². The van der Waals surface area contributed by atoms with Gasteiger partial charge >= 0.3 is 6.36 Å². The first kappa shape index (κ1) is 26.1. The quantitative estimate of drug-likeness (QED) is 0.117. The molecule has 4 N–H and O–H groups in total. The second-order valence-electron chi connectivity index (χ2n) is 6.51. The summed E-state index contributed by atoms with van der Waals surface area (Å²) in [5.41, 5.74) is 5.87. The van der Waals surface area contributed by atoms with Gasteiger partial charge in [0, 0.05) is 23.9 Å². The van der Waals surface area contributed by atoms with E-state index in [2.05, 4.69) is 38.9 Å². The first-order valence-electron chi connectivity index (χ1n) is 9.36. The number of ether oxygens (including phenoxy) is 2. The first-order chi connectivity index (χ1) is 15.5.